The summed E-state index contributed by atoms with van der Waals surface area (Å²) in [5, 5.41) is 0. The molecule has 0 heterocycles. The standard InChI is InChI=1S/C30H28N2/c1-5-15-25(16-6-1)29(26-17-7-2-8-18-26)31-23-13-14-24-32-30(27-19-9-3-10-20-27)28-21-11-4-12-22-28/h1-12,15-22H,13-14,23-24H2. The lowest BCUT2D eigenvalue weighted by molar-refractivity contribution is 0.757. The third-order valence-corrected chi connectivity index (χ3v) is 5.29. The SMILES string of the molecule is c1ccc(C(=NCCCCN=C(c2ccccc2)c2ccccc2)c2ccccc2)cc1. The second kappa shape index (κ2) is 11.6. The Morgan fingerprint density at radius 2 is 0.625 bits per heavy atom. The van der Waals surface area contributed by atoms with E-state index in [9.17, 15) is 0 Å². The molecule has 4 rings (SSSR count). The van der Waals surface area contributed by atoms with Gasteiger partial charge in [-0.2, -0.15) is 0 Å². The molecule has 0 saturated carbocycles. The summed E-state index contributed by atoms with van der Waals surface area (Å²) in [7, 11) is 0. The van der Waals surface area contributed by atoms with Crippen molar-refractivity contribution in [1.82, 2.24) is 0 Å². The number of aliphatic imine (C=N–C) groups is 2. The van der Waals surface area contributed by atoms with Gasteiger partial charge < -0.3 is 0 Å². The lowest BCUT2D eigenvalue weighted by Crippen LogP contribution is -2.05. The summed E-state index contributed by atoms with van der Waals surface area (Å²) in [6, 6.07) is 41.7. The zero-order valence-corrected chi connectivity index (χ0v) is 18.3. The summed E-state index contributed by atoms with van der Waals surface area (Å²) in [6.07, 6.45) is 2.01. The molecule has 0 amide bonds. The van der Waals surface area contributed by atoms with Crippen LogP contribution in [0.3, 0.4) is 0 Å². The molecule has 2 heteroatoms. The van der Waals surface area contributed by atoms with E-state index in [0.29, 0.717) is 0 Å². The van der Waals surface area contributed by atoms with Crippen molar-refractivity contribution < 1.29 is 0 Å². The van der Waals surface area contributed by atoms with E-state index in [1.807, 2.05) is 24.3 Å². The Morgan fingerprint density at radius 1 is 0.375 bits per heavy atom. The lowest BCUT2D eigenvalue weighted by atomic mass is 10.0. The Hall–Kier alpha value is -3.78. The fraction of sp³-hybridized carbons (Fsp3) is 0.133. The van der Waals surface area contributed by atoms with Gasteiger partial charge in [0.1, 0.15) is 0 Å². The maximum Gasteiger partial charge on any atom is 0.0718 e. The van der Waals surface area contributed by atoms with E-state index in [2.05, 4.69) is 97.1 Å². The lowest BCUT2D eigenvalue weighted by Gasteiger charge is -2.09. The zero-order chi connectivity index (χ0) is 21.8. The van der Waals surface area contributed by atoms with Crippen LogP contribution in [0.25, 0.3) is 0 Å². The van der Waals surface area contributed by atoms with Gasteiger partial charge in [0, 0.05) is 35.3 Å². The number of hydrogen-bond donors (Lipinski definition) is 0. The van der Waals surface area contributed by atoms with Crippen LogP contribution >= 0.6 is 0 Å². The molecule has 0 aliphatic rings. The third-order valence-electron chi connectivity index (χ3n) is 5.29. The molecule has 0 atom stereocenters. The van der Waals surface area contributed by atoms with E-state index in [1.54, 1.807) is 0 Å². The number of benzene rings is 4. The molecule has 0 bridgehead atoms. The van der Waals surface area contributed by atoms with Crippen LogP contribution in [-0.2, 0) is 0 Å². The predicted octanol–water partition coefficient (Wildman–Crippen LogP) is 6.84. The molecule has 4 aromatic carbocycles. The van der Waals surface area contributed by atoms with E-state index in [1.165, 1.54) is 0 Å². The van der Waals surface area contributed by atoms with Crippen LogP contribution in [0.15, 0.2) is 131 Å². The molecular formula is C30H28N2. The van der Waals surface area contributed by atoms with E-state index < -0.39 is 0 Å². The highest BCUT2D eigenvalue weighted by Gasteiger charge is 2.07. The van der Waals surface area contributed by atoms with Crippen molar-refractivity contribution in [2.24, 2.45) is 9.98 Å². The molecular weight excluding hydrogens is 388 g/mol. The van der Waals surface area contributed by atoms with Crippen LogP contribution in [0.1, 0.15) is 35.1 Å². The maximum atomic E-state index is 4.97. The largest absolute Gasteiger partial charge is 0.284 e. The first-order valence-electron chi connectivity index (χ1n) is 11.2. The Morgan fingerprint density at radius 3 is 0.875 bits per heavy atom. The minimum absolute atomic E-state index is 0.792. The monoisotopic (exact) mass is 416 g/mol. The van der Waals surface area contributed by atoms with Gasteiger partial charge in [0.15, 0.2) is 0 Å². The Balaban J connectivity index is 1.43. The topological polar surface area (TPSA) is 24.7 Å². The molecule has 0 N–H and O–H groups in total. The second-order valence-corrected chi connectivity index (χ2v) is 7.63. The van der Waals surface area contributed by atoms with Crippen molar-refractivity contribution in [3.63, 3.8) is 0 Å². The molecule has 158 valence electrons. The molecule has 0 unspecified atom stereocenters. The van der Waals surface area contributed by atoms with Gasteiger partial charge in [0.25, 0.3) is 0 Å². The normalized spacial score (nSPS) is 10.4. The van der Waals surface area contributed by atoms with Crippen LogP contribution in [-0.4, -0.2) is 24.5 Å². The Labute approximate surface area is 191 Å². The molecule has 0 fully saturated rings. The molecule has 0 saturated heterocycles. The van der Waals surface area contributed by atoms with Crippen molar-refractivity contribution in [3.05, 3.63) is 144 Å². The van der Waals surface area contributed by atoms with Crippen molar-refractivity contribution >= 4 is 11.4 Å². The molecule has 0 aliphatic heterocycles. The summed E-state index contributed by atoms with van der Waals surface area (Å²) in [5.41, 5.74) is 6.76. The minimum Gasteiger partial charge on any atom is -0.284 e. The van der Waals surface area contributed by atoms with Crippen LogP contribution in [0.4, 0.5) is 0 Å². The van der Waals surface area contributed by atoms with Crippen molar-refractivity contribution in [2.75, 3.05) is 13.1 Å². The minimum atomic E-state index is 0.792. The van der Waals surface area contributed by atoms with Gasteiger partial charge in [0.05, 0.1) is 11.4 Å². The van der Waals surface area contributed by atoms with E-state index in [0.717, 1.165) is 59.6 Å². The summed E-state index contributed by atoms with van der Waals surface area (Å²) in [5.74, 6) is 0. The van der Waals surface area contributed by atoms with Crippen LogP contribution in [0.5, 0.6) is 0 Å². The average molecular weight is 417 g/mol. The third kappa shape index (κ3) is 5.89. The van der Waals surface area contributed by atoms with Gasteiger partial charge in [0.2, 0.25) is 0 Å². The quantitative estimate of drug-likeness (QED) is 0.211. The smallest absolute Gasteiger partial charge is 0.0718 e. The Kier molecular flexibility index (Phi) is 7.76. The van der Waals surface area contributed by atoms with E-state index in [4.69, 9.17) is 9.98 Å². The highest BCUT2D eigenvalue weighted by molar-refractivity contribution is 6.13. The average Bonchev–Trinajstić information content (AvgIpc) is 2.88. The van der Waals surface area contributed by atoms with E-state index in [-0.39, 0.29) is 0 Å². The predicted molar refractivity (Wildman–Crippen MR) is 136 cm³/mol. The first-order chi connectivity index (χ1) is 15.9. The number of hydrogen-bond acceptors (Lipinski definition) is 2. The molecule has 2 nitrogen and oxygen atoms in total. The fourth-order valence-electron chi connectivity index (χ4n) is 3.69. The molecule has 0 spiro atoms. The highest BCUT2D eigenvalue weighted by Crippen LogP contribution is 2.13. The molecule has 32 heavy (non-hydrogen) atoms. The highest BCUT2D eigenvalue weighted by atomic mass is 14.8. The van der Waals surface area contributed by atoms with Gasteiger partial charge in [-0.3, -0.25) is 9.98 Å². The van der Waals surface area contributed by atoms with Gasteiger partial charge in [-0.1, -0.05) is 121 Å². The second-order valence-electron chi connectivity index (χ2n) is 7.63. The zero-order valence-electron chi connectivity index (χ0n) is 18.3. The van der Waals surface area contributed by atoms with Crippen molar-refractivity contribution in [3.8, 4) is 0 Å². The maximum absolute atomic E-state index is 4.97. The molecule has 0 aliphatic carbocycles. The van der Waals surface area contributed by atoms with Crippen LogP contribution in [0.2, 0.25) is 0 Å². The summed E-state index contributed by atoms with van der Waals surface area (Å²) < 4.78 is 0. The Bertz CT molecular complexity index is 955. The molecule has 0 radical (unpaired) electrons. The van der Waals surface area contributed by atoms with Crippen molar-refractivity contribution in [1.29, 1.82) is 0 Å². The van der Waals surface area contributed by atoms with E-state index >= 15 is 0 Å². The molecule has 0 aromatic heterocycles. The number of unbranched alkanes of at least 4 members (excludes halogenated alkanes) is 1. The molecule has 4 aromatic rings. The van der Waals surface area contributed by atoms with Crippen LogP contribution < -0.4 is 0 Å². The van der Waals surface area contributed by atoms with Crippen molar-refractivity contribution in [2.45, 2.75) is 12.8 Å². The van der Waals surface area contributed by atoms with Gasteiger partial charge >= 0.3 is 0 Å². The van der Waals surface area contributed by atoms with Gasteiger partial charge in [-0.15, -0.1) is 0 Å². The van der Waals surface area contributed by atoms with Crippen LogP contribution in [0, 0.1) is 0 Å². The first kappa shape index (κ1) is 21.5. The first-order valence-corrected chi connectivity index (χ1v) is 11.2. The summed E-state index contributed by atoms with van der Waals surface area (Å²) >= 11 is 0. The van der Waals surface area contributed by atoms with Gasteiger partial charge in [-0.05, 0) is 12.8 Å². The summed E-state index contributed by atoms with van der Waals surface area (Å²) in [6.45, 7) is 1.58. The summed E-state index contributed by atoms with van der Waals surface area (Å²) in [4.78, 5) is 9.93. The fourth-order valence-corrected chi connectivity index (χ4v) is 3.69. The van der Waals surface area contributed by atoms with Gasteiger partial charge in [-0.25, -0.2) is 0 Å². The number of rotatable bonds is 9. The number of nitrogens with zero attached hydrogens (tertiary/aromatic N) is 2.